The highest BCUT2D eigenvalue weighted by Gasteiger charge is 2.31. The summed E-state index contributed by atoms with van der Waals surface area (Å²) < 4.78 is 26.6. The summed E-state index contributed by atoms with van der Waals surface area (Å²) in [6.45, 7) is 5.09. The van der Waals surface area contributed by atoms with Crippen LogP contribution in [0.4, 0.5) is 0 Å². The highest BCUT2D eigenvalue weighted by molar-refractivity contribution is 7.89. The molecule has 0 aromatic heterocycles. The minimum absolute atomic E-state index is 0. The summed E-state index contributed by atoms with van der Waals surface area (Å²) in [5, 5.41) is 0. The van der Waals surface area contributed by atoms with Crippen LogP contribution in [0.15, 0.2) is 29.2 Å². The predicted molar refractivity (Wildman–Crippen MR) is 83.6 cm³/mol. The van der Waals surface area contributed by atoms with E-state index < -0.39 is 10.0 Å². The lowest BCUT2D eigenvalue weighted by Gasteiger charge is -2.34. The first-order chi connectivity index (χ1) is 8.95. The Bertz CT molecular complexity index is 531. The highest BCUT2D eigenvalue weighted by Crippen LogP contribution is 2.23. The molecular weight excluding hydrogens is 296 g/mol. The molecule has 2 atom stereocenters. The molecule has 1 aliphatic rings. The summed E-state index contributed by atoms with van der Waals surface area (Å²) in [5.41, 5.74) is 7.09. The van der Waals surface area contributed by atoms with Crippen LogP contribution in [0.3, 0.4) is 0 Å². The molecule has 2 N–H and O–H groups in total. The number of sulfonamides is 1. The maximum atomic E-state index is 12.5. The van der Waals surface area contributed by atoms with Gasteiger partial charge in [-0.2, -0.15) is 4.31 Å². The second-order valence-electron chi connectivity index (χ2n) is 5.29. The van der Waals surface area contributed by atoms with Crippen molar-refractivity contribution in [3.8, 4) is 0 Å². The average Bonchev–Trinajstić information content (AvgIpc) is 2.41. The summed E-state index contributed by atoms with van der Waals surface area (Å²) in [7, 11) is -3.37. The lowest BCUT2D eigenvalue weighted by atomic mass is 9.96. The summed E-state index contributed by atoms with van der Waals surface area (Å²) in [5.74, 6) is 0.207. The van der Waals surface area contributed by atoms with Crippen molar-refractivity contribution >= 4 is 22.4 Å². The number of aryl methyl sites for hydroxylation is 1. The van der Waals surface area contributed by atoms with E-state index >= 15 is 0 Å². The minimum Gasteiger partial charge on any atom is -0.327 e. The summed E-state index contributed by atoms with van der Waals surface area (Å²) in [6.07, 6.45) is 1.64. The van der Waals surface area contributed by atoms with Crippen molar-refractivity contribution in [1.82, 2.24) is 4.31 Å². The van der Waals surface area contributed by atoms with Crippen LogP contribution in [0.5, 0.6) is 0 Å². The number of piperidine rings is 1. The molecule has 0 saturated carbocycles. The van der Waals surface area contributed by atoms with Crippen LogP contribution in [-0.2, 0) is 16.4 Å². The van der Waals surface area contributed by atoms with Crippen molar-refractivity contribution in [3.63, 3.8) is 0 Å². The molecule has 1 saturated heterocycles. The van der Waals surface area contributed by atoms with Crippen LogP contribution in [-0.4, -0.2) is 31.9 Å². The standard InChI is InChI=1S/C14H22N2O2S.ClH/c1-3-12-4-6-13(7-5-12)19(17,18)16-9-8-14(15)11(2)10-16;/h4-7,11,14H,3,8-10,15H2,1-2H3;1H. The van der Waals surface area contributed by atoms with Crippen molar-refractivity contribution < 1.29 is 8.42 Å². The zero-order chi connectivity index (χ0) is 14.0. The third-order valence-electron chi connectivity index (χ3n) is 3.90. The number of hydrogen-bond acceptors (Lipinski definition) is 3. The monoisotopic (exact) mass is 318 g/mol. The SMILES string of the molecule is CCc1ccc(S(=O)(=O)N2CCC(N)C(C)C2)cc1.Cl. The fourth-order valence-electron chi connectivity index (χ4n) is 2.39. The normalized spacial score (nSPS) is 24.1. The Hall–Kier alpha value is -0.620. The largest absolute Gasteiger partial charge is 0.327 e. The van der Waals surface area contributed by atoms with Gasteiger partial charge >= 0.3 is 0 Å². The molecule has 1 aliphatic heterocycles. The van der Waals surface area contributed by atoms with Crippen molar-refractivity contribution in [1.29, 1.82) is 0 Å². The number of hydrogen-bond donors (Lipinski definition) is 1. The average molecular weight is 319 g/mol. The smallest absolute Gasteiger partial charge is 0.243 e. The Morgan fingerprint density at radius 2 is 1.90 bits per heavy atom. The van der Waals surface area contributed by atoms with Crippen LogP contribution >= 0.6 is 12.4 Å². The molecule has 1 fully saturated rings. The van der Waals surface area contributed by atoms with Gasteiger partial charge in [-0.1, -0.05) is 26.0 Å². The molecule has 6 heteroatoms. The van der Waals surface area contributed by atoms with Gasteiger partial charge in [0.1, 0.15) is 0 Å². The third-order valence-corrected chi connectivity index (χ3v) is 5.78. The maximum absolute atomic E-state index is 12.5. The Balaban J connectivity index is 0.00000200. The topological polar surface area (TPSA) is 63.4 Å². The van der Waals surface area contributed by atoms with Gasteiger partial charge in [0.15, 0.2) is 0 Å². The van der Waals surface area contributed by atoms with Gasteiger partial charge in [0.05, 0.1) is 4.90 Å². The van der Waals surface area contributed by atoms with E-state index in [0.29, 0.717) is 18.0 Å². The van der Waals surface area contributed by atoms with Gasteiger partial charge < -0.3 is 5.73 Å². The van der Waals surface area contributed by atoms with E-state index in [4.69, 9.17) is 5.73 Å². The lowest BCUT2D eigenvalue weighted by Crippen LogP contribution is -2.48. The lowest BCUT2D eigenvalue weighted by molar-refractivity contribution is 0.250. The van der Waals surface area contributed by atoms with E-state index in [0.717, 1.165) is 18.4 Å². The van der Waals surface area contributed by atoms with E-state index in [1.807, 2.05) is 19.1 Å². The molecule has 20 heavy (non-hydrogen) atoms. The van der Waals surface area contributed by atoms with Gasteiger partial charge in [-0.05, 0) is 36.5 Å². The number of halogens is 1. The second kappa shape index (κ2) is 6.89. The van der Waals surface area contributed by atoms with E-state index in [9.17, 15) is 8.42 Å². The molecule has 114 valence electrons. The zero-order valence-electron chi connectivity index (χ0n) is 12.0. The van der Waals surface area contributed by atoms with Gasteiger partial charge in [-0.3, -0.25) is 0 Å². The van der Waals surface area contributed by atoms with Crippen molar-refractivity contribution in [2.45, 2.75) is 37.6 Å². The van der Waals surface area contributed by atoms with Gasteiger partial charge in [-0.15, -0.1) is 12.4 Å². The van der Waals surface area contributed by atoms with E-state index in [1.54, 1.807) is 16.4 Å². The van der Waals surface area contributed by atoms with E-state index in [1.165, 1.54) is 0 Å². The first-order valence-corrected chi connectivity index (χ1v) is 8.24. The van der Waals surface area contributed by atoms with Gasteiger partial charge in [0.2, 0.25) is 10.0 Å². The van der Waals surface area contributed by atoms with Crippen LogP contribution in [0.25, 0.3) is 0 Å². The molecule has 4 nitrogen and oxygen atoms in total. The Labute approximate surface area is 127 Å². The van der Waals surface area contributed by atoms with Crippen LogP contribution in [0.1, 0.15) is 25.8 Å². The summed E-state index contributed by atoms with van der Waals surface area (Å²) in [4.78, 5) is 0.382. The van der Waals surface area contributed by atoms with Crippen molar-refractivity contribution in [3.05, 3.63) is 29.8 Å². The van der Waals surface area contributed by atoms with Gasteiger partial charge in [-0.25, -0.2) is 8.42 Å². The molecule has 0 bridgehead atoms. The Morgan fingerprint density at radius 1 is 1.30 bits per heavy atom. The fraction of sp³-hybridized carbons (Fsp3) is 0.571. The van der Waals surface area contributed by atoms with Crippen LogP contribution in [0.2, 0.25) is 0 Å². The molecule has 0 spiro atoms. The zero-order valence-corrected chi connectivity index (χ0v) is 13.6. The summed E-state index contributed by atoms with van der Waals surface area (Å²) in [6, 6.07) is 7.27. The first kappa shape index (κ1) is 17.4. The van der Waals surface area contributed by atoms with Crippen molar-refractivity contribution in [2.75, 3.05) is 13.1 Å². The molecule has 0 amide bonds. The van der Waals surface area contributed by atoms with Gasteiger partial charge in [0, 0.05) is 19.1 Å². The number of nitrogens with zero attached hydrogens (tertiary/aromatic N) is 1. The van der Waals surface area contributed by atoms with E-state index in [-0.39, 0.29) is 24.4 Å². The quantitative estimate of drug-likeness (QED) is 0.927. The molecule has 1 aromatic rings. The predicted octanol–water partition coefficient (Wildman–Crippen LogP) is 2.03. The molecule has 0 aliphatic carbocycles. The van der Waals surface area contributed by atoms with Gasteiger partial charge in [0.25, 0.3) is 0 Å². The molecule has 1 heterocycles. The summed E-state index contributed by atoms with van der Waals surface area (Å²) >= 11 is 0. The second-order valence-corrected chi connectivity index (χ2v) is 7.23. The van der Waals surface area contributed by atoms with Crippen LogP contribution in [0, 0.1) is 5.92 Å². The minimum atomic E-state index is -3.37. The number of nitrogens with two attached hydrogens (primary N) is 1. The van der Waals surface area contributed by atoms with Crippen LogP contribution < -0.4 is 5.73 Å². The Morgan fingerprint density at radius 3 is 2.40 bits per heavy atom. The molecular formula is C14H23ClN2O2S. The highest BCUT2D eigenvalue weighted by atomic mass is 35.5. The maximum Gasteiger partial charge on any atom is 0.243 e. The molecule has 1 aromatic carbocycles. The molecule has 2 rings (SSSR count). The first-order valence-electron chi connectivity index (χ1n) is 6.80. The third kappa shape index (κ3) is 3.52. The fourth-order valence-corrected chi connectivity index (χ4v) is 3.95. The van der Waals surface area contributed by atoms with Crippen molar-refractivity contribution in [2.24, 2.45) is 11.7 Å². The number of rotatable bonds is 3. The number of benzene rings is 1. The molecule has 2 unspecified atom stereocenters. The van der Waals surface area contributed by atoms with E-state index in [2.05, 4.69) is 6.92 Å². The molecule has 0 radical (unpaired) electrons. The Kier molecular flexibility index (Phi) is 6.01.